The Hall–Kier alpha value is -2.81. The molecule has 130 valence electrons. The van der Waals surface area contributed by atoms with Crippen LogP contribution in [-0.4, -0.2) is 27.9 Å². The fourth-order valence-corrected chi connectivity index (χ4v) is 2.53. The van der Waals surface area contributed by atoms with Crippen LogP contribution in [0.2, 0.25) is 0 Å². The van der Waals surface area contributed by atoms with Crippen LogP contribution in [0.3, 0.4) is 0 Å². The Morgan fingerprint density at radius 2 is 2.00 bits per heavy atom. The predicted molar refractivity (Wildman–Crippen MR) is 89.8 cm³/mol. The standard InChI is InChI=1S/C16H12BrFN2O5/c17-11-3-1-2-10(8-11)15(21)19-13(16(22)23)6-9-4-5-12(18)14(7-9)20(24)25/h1-5,7-8,13H,6H2,(H,19,21)(H,22,23)/t13-/m1/s1. The highest BCUT2D eigenvalue weighted by molar-refractivity contribution is 9.10. The Morgan fingerprint density at radius 1 is 1.28 bits per heavy atom. The molecule has 0 aromatic heterocycles. The number of aliphatic carboxylic acids is 1. The minimum atomic E-state index is -1.32. The highest BCUT2D eigenvalue weighted by Crippen LogP contribution is 2.19. The molecule has 1 atom stereocenters. The minimum absolute atomic E-state index is 0.218. The van der Waals surface area contributed by atoms with Crippen molar-refractivity contribution in [2.75, 3.05) is 0 Å². The molecule has 0 aliphatic rings. The Kier molecular flexibility index (Phi) is 5.81. The Bertz CT molecular complexity index is 843. The van der Waals surface area contributed by atoms with Crippen molar-refractivity contribution in [1.82, 2.24) is 5.32 Å². The molecule has 2 N–H and O–H groups in total. The fourth-order valence-electron chi connectivity index (χ4n) is 2.13. The van der Waals surface area contributed by atoms with Crippen LogP contribution in [0, 0.1) is 15.9 Å². The molecule has 2 aromatic carbocycles. The highest BCUT2D eigenvalue weighted by Gasteiger charge is 2.23. The molecule has 9 heteroatoms. The highest BCUT2D eigenvalue weighted by atomic mass is 79.9. The first-order valence-corrected chi connectivity index (χ1v) is 7.79. The summed E-state index contributed by atoms with van der Waals surface area (Å²) < 4.78 is 14.0. The van der Waals surface area contributed by atoms with Crippen molar-refractivity contribution in [2.24, 2.45) is 0 Å². The number of amides is 1. The van der Waals surface area contributed by atoms with Gasteiger partial charge in [-0.05, 0) is 29.8 Å². The molecule has 25 heavy (non-hydrogen) atoms. The van der Waals surface area contributed by atoms with Gasteiger partial charge in [-0.25, -0.2) is 4.79 Å². The number of nitrogens with zero attached hydrogens (tertiary/aromatic N) is 1. The lowest BCUT2D eigenvalue weighted by Gasteiger charge is -2.15. The summed E-state index contributed by atoms with van der Waals surface area (Å²) in [5.74, 6) is -2.93. The van der Waals surface area contributed by atoms with E-state index in [2.05, 4.69) is 21.2 Å². The van der Waals surface area contributed by atoms with Crippen molar-refractivity contribution in [3.8, 4) is 0 Å². The molecule has 7 nitrogen and oxygen atoms in total. The number of carbonyl (C=O) groups is 2. The molecular weight excluding hydrogens is 399 g/mol. The molecule has 1 amide bonds. The lowest BCUT2D eigenvalue weighted by molar-refractivity contribution is -0.387. The van der Waals surface area contributed by atoms with Crippen molar-refractivity contribution in [2.45, 2.75) is 12.5 Å². The SMILES string of the molecule is O=C(N[C@H](Cc1ccc(F)c([N+](=O)[O-])c1)C(=O)O)c1cccc(Br)c1. The molecule has 2 aromatic rings. The van der Waals surface area contributed by atoms with Gasteiger partial charge in [-0.1, -0.05) is 28.1 Å². The topological polar surface area (TPSA) is 110 Å². The zero-order valence-corrected chi connectivity index (χ0v) is 14.2. The van der Waals surface area contributed by atoms with Crippen LogP contribution in [0.4, 0.5) is 10.1 Å². The molecule has 0 heterocycles. The monoisotopic (exact) mass is 410 g/mol. The van der Waals surface area contributed by atoms with Crippen LogP contribution in [0.1, 0.15) is 15.9 Å². The van der Waals surface area contributed by atoms with Crippen molar-refractivity contribution >= 4 is 33.5 Å². The third-order valence-electron chi connectivity index (χ3n) is 3.34. The van der Waals surface area contributed by atoms with Gasteiger partial charge in [0.1, 0.15) is 6.04 Å². The van der Waals surface area contributed by atoms with Gasteiger partial charge in [0, 0.05) is 22.5 Å². The average Bonchev–Trinajstić information content (AvgIpc) is 2.55. The number of carboxylic acid groups (broad SMARTS) is 1. The van der Waals surface area contributed by atoms with Gasteiger partial charge in [-0.3, -0.25) is 14.9 Å². The van der Waals surface area contributed by atoms with E-state index in [1.165, 1.54) is 18.2 Å². The summed E-state index contributed by atoms with van der Waals surface area (Å²) in [6.45, 7) is 0. The number of benzene rings is 2. The predicted octanol–water partition coefficient (Wildman–Crippen LogP) is 2.92. The van der Waals surface area contributed by atoms with E-state index >= 15 is 0 Å². The molecule has 0 bridgehead atoms. The van der Waals surface area contributed by atoms with E-state index < -0.39 is 34.3 Å². The molecule has 0 spiro atoms. The first-order valence-electron chi connectivity index (χ1n) is 7.00. The Balaban J connectivity index is 2.19. The summed E-state index contributed by atoms with van der Waals surface area (Å²) in [6.07, 6.45) is -0.226. The van der Waals surface area contributed by atoms with E-state index in [0.29, 0.717) is 4.47 Å². The van der Waals surface area contributed by atoms with Crippen LogP contribution < -0.4 is 5.32 Å². The molecule has 0 radical (unpaired) electrons. The zero-order valence-electron chi connectivity index (χ0n) is 12.6. The largest absolute Gasteiger partial charge is 0.480 e. The average molecular weight is 411 g/mol. The van der Waals surface area contributed by atoms with E-state index in [-0.39, 0.29) is 17.5 Å². The maximum Gasteiger partial charge on any atom is 0.326 e. The number of rotatable bonds is 6. The molecule has 0 saturated carbocycles. The first-order chi connectivity index (χ1) is 11.8. The lowest BCUT2D eigenvalue weighted by atomic mass is 10.0. The van der Waals surface area contributed by atoms with Gasteiger partial charge in [-0.15, -0.1) is 0 Å². The molecule has 0 aliphatic heterocycles. The van der Waals surface area contributed by atoms with Crippen LogP contribution in [0.25, 0.3) is 0 Å². The normalized spacial score (nSPS) is 11.6. The quantitative estimate of drug-likeness (QED) is 0.561. The fraction of sp³-hybridized carbons (Fsp3) is 0.125. The number of nitrogens with one attached hydrogen (secondary N) is 1. The number of nitro groups is 1. The number of halogens is 2. The van der Waals surface area contributed by atoms with Gasteiger partial charge in [0.25, 0.3) is 5.91 Å². The summed E-state index contributed by atoms with van der Waals surface area (Å²) in [7, 11) is 0. The smallest absolute Gasteiger partial charge is 0.326 e. The molecular formula is C16H12BrFN2O5. The lowest BCUT2D eigenvalue weighted by Crippen LogP contribution is -2.42. The number of hydrogen-bond acceptors (Lipinski definition) is 4. The van der Waals surface area contributed by atoms with Crippen molar-refractivity contribution in [1.29, 1.82) is 0 Å². The van der Waals surface area contributed by atoms with Crippen LogP contribution in [0.5, 0.6) is 0 Å². The van der Waals surface area contributed by atoms with E-state index in [1.54, 1.807) is 12.1 Å². The van der Waals surface area contributed by atoms with Gasteiger partial charge in [0.2, 0.25) is 5.82 Å². The summed E-state index contributed by atoms with van der Waals surface area (Å²) in [5, 5.41) is 22.4. The van der Waals surface area contributed by atoms with Crippen molar-refractivity contribution in [3.63, 3.8) is 0 Å². The minimum Gasteiger partial charge on any atom is -0.480 e. The second-order valence-corrected chi connectivity index (χ2v) is 6.04. The van der Waals surface area contributed by atoms with Crippen molar-refractivity contribution in [3.05, 3.63) is 74.0 Å². The maximum atomic E-state index is 13.4. The Labute approximate surface area is 149 Å². The second-order valence-electron chi connectivity index (χ2n) is 5.12. The first kappa shape index (κ1) is 18.5. The summed E-state index contributed by atoms with van der Waals surface area (Å²) in [6, 6.07) is 8.14. The van der Waals surface area contributed by atoms with Gasteiger partial charge in [-0.2, -0.15) is 4.39 Å². The molecule has 0 aliphatic carbocycles. The zero-order chi connectivity index (χ0) is 18.6. The molecule has 0 unspecified atom stereocenters. The van der Waals surface area contributed by atoms with Gasteiger partial charge >= 0.3 is 11.7 Å². The van der Waals surface area contributed by atoms with Gasteiger partial charge < -0.3 is 10.4 Å². The number of nitro benzene ring substituents is 1. The van der Waals surface area contributed by atoms with Gasteiger partial charge in [0.15, 0.2) is 0 Å². The van der Waals surface area contributed by atoms with E-state index in [4.69, 9.17) is 0 Å². The summed E-state index contributed by atoms with van der Waals surface area (Å²) in [4.78, 5) is 33.4. The van der Waals surface area contributed by atoms with E-state index in [0.717, 1.165) is 12.1 Å². The molecule has 2 rings (SSSR count). The van der Waals surface area contributed by atoms with Crippen LogP contribution in [0.15, 0.2) is 46.9 Å². The Morgan fingerprint density at radius 3 is 2.60 bits per heavy atom. The van der Waals surface area contributed by atoms with Crippen molar-refractivity contribution < 1.29 is 24.0 Å². The molecule has 0 saturated heterocycles. The third kappa shape index (κ3) is 4.83. The van der Waals surface area contributed by atoms with Crippen LogP contribution >= 0.6 is 15.9 Å². The van der Waals surface area contributed by atoms with E-state index in [1.807, 2.05) is 0 Å². The van der Waals surface area contributed by atoms with Gasteiger partial charge in [0.05, 0.1) is 4.92 Å². The second kappa shape index (κ2) is 7.84. The summed E-state index contributed by atoms with van der Waals surface area (Å²) >= 11 is 3.21. The van der Waals surface area contributed by atoms with Crippen LogP contribution in [-0.2, 0) is 11.2 Å². The van der Waals surface area contributed by atoms with E-state index in [9.17, 15) is 29.2 Å². The number of carboxylic acids is 1. The number of hydrogen-bond donors (Lipinski definition) is 2. The number of carbonyl (C=O) groups excluding carboxylic acids is 1. The molecule has 0 fully saturated rings. The summed E-state index contributed by atoms with van der Waals surface area (Å²) in [5.41, 5.74) is -0.277. The third-order valence-corrected chi connectivity index (χ3v) is 3.83. The maximum absolute atomic E-state index is 13.4.